The van der Waals surface area contributed by atoms with Gasteiger partial charge in [-0.25, -0.2) is 0 Å². The van der Waals surface area contributed by atoms with Gasteiger partial charge in [-0.2, -0.15) is 5.10 Å². The Morgan fingerprint density at radius 1 is 0.949 bits per heavy atom. The van der Waals surface area contributed by atoms with Crippen molar-refractivity contribution in [3.05, 3.63) is 65.9 Å². The van der Waals surface area contributed by atoms with E-state index in [4.69, 9.17) is 14.6 Å². The fraction of sp³-hybridized carbons (Fsp3) is 0.452. The first kappa shape index (κ1) is 29.7. The van der Waals surface area contributed by atoms with Gasteiger partial charge in [0.25, 0.3) is 5.91 Å². The van der Waals surface area contributed by atoms with Gasteiger partial charge >= 0.3 is 0 Å². The summed E-state index contributed by atoms with van der Waals surface area (Å²) in [4.78, 5) is 26.5. The van der Waals surface area contributed by atoms with E-state index in [-0.39, 0.29) is 11.6 Å². The number of nitrogens with one attached hydrogen (secondary N) is 2. The molecule has 8 nitrogen and oxygen atoms in total. The average Bonchev–Trinajstić information content (AvgIpc) is 3.39. The van der Waals surface area contributed by atoms with Gasteiger partial charge < -0.3 is 20.1 Å². The Morgan fingerprint density at radius 2 is 1.62 bits per heavy atom. The molecule has 0 saturated heterocycles. The Hall–Kier alpha value is -3.81. The van der Waals surface area contributed by atoms with Gasteiger partial charge in [0.05, 0.1) is 25.5 Å². The summed E-state index contributed by atoms with van der Waals surface area (Å²) in [6.45, 7) is 7.50. The molecule has 1 heterocycles. The van der Waals surface area contributed by atoms with Crippen LogP contribution in [0.5, 0.6) is 11.5 Å². The van der Waals surface area contributed by atoms with Crippen molar-refractivity contribution in [1.82, 2.24) is 20.4 Å². The van der Waals surface area contributed by atoms with Crippen LogP contribution in [-0.2, 0) is 17.8 Å². The minimum absolute atomic E-state index is 0.191. The molecule has 1 atom stereocenters. The van der Waals surface area contributed by atoms with E-state index >= 15 is 0 Å². The van der Waals surface area contributed by atoms with Crippen molar-refractivity contribution in [1.29, 1.82) is 0 Å². The Kier molecular flexibility index (Phi) is 11.4. The summed E-state index contributed by atoms with van der Waals surface area (Å²) in [7, 11) is 3.22. The normalized spacial score (nSPS) is 11.7. The van der Waals surface area contributed by atoms with Crippen LogP contribution in [0.1, 0.15) is 62.5 Å². The van der Waals surface area contributed by atoms with Crippen molar-refractivity contribution in [3.63, 3.8) is 0 Å². The van der Waals surface area contributed by atoms with Crippen LogP contribution in [0.25, 0.3) is 11.3 Å². The maximum absolute atomic E-state index is 13.5. The highest BCUT2D eigenvalue weighted by Gasteiger charge is 2.26. The number of hydrogen-bond donors (Lipinski definition) is 2. The fourth-order valence-corrected chi connectivity index (χ4v) is 4.59. The number of hydrogen-bond acceptors (Lipinski definition) is 5. The molecule has 0 aliphatic rings. The standard InChI is InChI=1S/C31H42N4O4/c1-6-19-32-30(36)24(18-17-23-13-10-9-11-14-23)33-31(37)25-20-26(35(34-25)21-22(7-2)8-3)29-27(38-4)15-12-16-28(29)39-5/h9-16,20,22,24H,6-8,17-19,21H2,1-5H3,(H,32,36)(H,33,37)/t24-/m0/s1. The van der Waals surface area contributed by atoms with Gasteiger partial charge in [0.1, 0.15) is 17.5 Å². The molecule has 3 rings (SSSR count). The lowest BCUT2D eigenvalue weighted by Crippen LogP contribution is -2.47. The molecule has 2 N–H and O–H groups in total. The van der Waals surface area contributed by atoms with Gasteiger partial charge in [-0.05, 0) is 48.9 Å². The molecule has 0 spiro atoms. The van der Waals surface area contributed by atoms with Crippen LogP contribution in [0.15, 0.2) is 54.6 Å². The van der Waals surface area contributed by atoms with Crippen LogP contribution in [0.4, 0.5) is 0 Å². The second-order valence-electron chi connectivity index (χ2n) is 9.66. The van der Waals surface area contributed by atoms with Crippen molar-refractivity contribution in [2.75, 3.05) is 20.8 Å². The topological polar surface area (TPSA) is 94.5 Å². The molecule has 0 aliphatic carbocycles. The lowest BCUT2D eigenvalue weighted by atomic mass is 10.0. The van der Waals surface area contributed by atoms with Gasteiger partial charge in [0.2, 0.25) is 5.91 Å². The molecule has 1 aromatic heterocycles. The van der Waals surface area contributed by atoms with Gasteiger partial charge in [0, 0.05) is 13.1 Å². The predicted octanol–water partition coefficient (Wildman–Crippen LogP) is 5.26. The van der Waals surface area contributed by atoms with E-state index < -0.39 is 11.9 Å². The van der Waals surface area contributed by atoms with Crippen molar-refractivity contribution < 1.29 is 19.1 Å². The summed E-state index contributed by atoms with van der Waals surface area (Å²) in [5, 5.41) is 10.6. The summed E-state index contributed by atoms with van der Waals surface area (Å²) in [6.07, 6.45) is 3.93. The van der Waals surface area contributed by atoms with Crippen molar-refractivity contribution in [2.45, 2.75) is 65.5 Å². The van der Waals surface area contributed by atoms with E-state index in [1.54, 1.807) is 20.3 Å². The number of nitrogens with zero attached hydrogens (tertiary/aromatic N) is 2. The van der Waals surface area contributed by atoms with Crippen LogP contribution < -0.4 is 20.1 Å². The molecule has 0 aliphatic heterocycles. The molecule has 39 heavy (non-hydrogen) atoms. The van der Waals surface area contributed by atoms with Crippen LogP contribution in [0, 0.1) is 5.92 Å². The zero-order valence-electron chi connectivity index (χ0n) is 23.8. The zero-order valence-corrected chi connectivity index (χ0v) is 23.8. The Labute approximate surface area is 232 Å². The van der Waals surface area contributed by atoms with Crippen molar-refractivity contribution in [3.8, 4) is 22.8 Å². The molecule has 0 unspecified atom stereocenters. The van der Waals surface area contributed by atoms with Crippen LogP contribution in [0.3, 0.4) is 0 Å². The molecule has 2 amide bonds. The molecule has 0 saturated carbocycles. The van der Waals surface area contributed by atoms with Gasteiger partial charge in [-0.15, -0.1) is 0 Å². The Balaban J connectivity index is 1.95. The van der Waals surface area contributed by atoms with E-state index in [0.29, 0.717) is 43.3 Å². The number of carbonyl (C=O) groups is 2. The number of aromatic nitrogens is 2. The molecule has 2 aromatic carbocycles. The maximum atomic E-state index is 13.5. The third-order valence-electron chi connectivity index (χ3n) is 7.02. The first-order valence-electron chi connectivity index (χ1n) is 13.9. The number of amides is 2. The highest BCUT2D eigenvalue weighted by atomic mass is 16.5. The quantitative estimate of drug-likeness (QED) is 0.277. The lowest BCUT2D eigenvalue weighted by molar-refractivity contribution is -0.123. The smallest absolute Gasteiger partial charge is 0.272 e. The third-order valence-corrected chi connectivity index (χ3v) is 7.02. The first-order chi connectivity index (χ1) is 18.9. The maximum Gasteiger partial charge on any atom is 0.272 e. The number of rotatable bonds is 15. The van der Waals surface area contributed by atoms with Crippen LogP contribution in [0.2, 0.25) is 0 Å². The molecule has 3 aromatic rings. The molecule has 8 heteroatoms. The first-order valence-corrected chi connectivity index (χ1v) is 13.9. The second kappa shape index (κ2) is 15.0. The van der Waals surface area contributed by atoms with E-state index in [0.717, 1.165) is 36.1 Å². The number of aryl methyl sites for hydroxylation is 1. The number of carbonyl (C=O) groups excluding carboxylic acids is 2. The zero-order chi connectivity index (χ0) is 28.2. The van der Waals surface area contributed by atoms with E-state index in [9.17, 15) is 9.59 Å². The number of methoxy groups -OCH3 is 2. The van der Waals surface area contributed by atoms with Crippen molar-refractivity contribution >= 4 is 11.8 Å². The molecular formula is C31H42N4O4. The van der Waals surface area contributed by atoms with E-state index in [2.05, 4.69) is 24.5 Å². The van der Waals surface area contributed by atoms with E-state index in [1.165, 1.54) is 0 Å². The molecular weight excluding hydrogens is 492 g/mol. The molecule has 210 valence electrons. The van der Waals surface area contributed by atoms with Gasteiger partial charge in [-0.1, -0.05) is 70.0 Å². The van der Waals surface area contributed by atoms with Gasteiger partial charge in [-0.3, -0.25) is 14.3 Å². The third kappa shape index (κ3) is 7.85. The number of benzene rings is 2. The SMILES string of the molecule is CCCNC(=O)[C@H](CCc1ccccc1)NC(=O)c1cc(-c2c(OC)cccc2OC)n(CC(CC)CC)n1. The number of ether oxygens (including phenoxy) is 2. The van der Waals surface area contributed by atoms with Crippen LogP contribution in [-0.4, -0.2) is 48.4 Å². The molecule has 0 bridgehead atoms. The summed E-state index contributed by atoms with van der Waals surface area (Å²) in [6, 6.07) is 16.6. The highest BCUT2D eigenvalue weighted by Crippen LogP contribution is 2.39. The molecule has 0 radical (unpaired) electrons. The largest absolute Gasteiger partial charge is 0.496 e. The summed E-state index contributed by atoms with van der Waals surface area (Å²) in [5.74, 6) is 1.07. The average molecular weight is 535 g/mol. The highest BCUT2D eigenvalue weighted by molar-refractivity contribution is 5.97. The Morgan fingerprint density at radius 3 is 2.21 bits per heavy atom. The molecule has 0 fully saturated rings. The van der Waals surface area contributed by atoms with Crippen molar-refractivity contribution in [2.24, 2.45) is 5.92 Å². The monoisotopic (exact) mass is 534 g/mol. The Bertz CT molecular complexity index is 1180. The lowest BCUT2D eigenvalue weighted by Gasteiger charge is -2.18. The minimum atomic E-state index is -0.683. The predicted molar refractivity (Wildman–Crippen MR) is 154 cm³/mol. The van der Waals surface area contributed by atoms with E-state index in [1.807, 2.05) is 60.1 Å². The summed E-state index contributed by atoms with van der Waals surface area (Å²) < 4.78 is 13.2. The second-order valence-corrected chi connectivity index (χ2v) is 9.66. The minimum Gasteiger partial charge on any atom is -0.496 e. The summed E-state index contributed by atoms with van der Waals surface area (Å²) >= 11 is 0. The summed E-state index contributed by atoms with van der Waals surface area (Å²) in [5.41, 5.74) is 2.83. The van der Waals surface area contributed by atoms with Gasteiger partial charge in [0.15, 0.2) is 5.69 Å². The van der Waals surface area contributed by atoms with Crippen LogP contribution >= 0.6 is 0 Å². The fourth-order valence-electron chi connectivity index (χ4n) is 4.59.